The number of nitrogens with one attached hydrogen (secondary N) is 2. The fourth-order valence-corrected chi connectivity index (χ4v) is 2.27. The van der Waals surface area contributed by atoms with Crippen molar-refractivity contribution in [3.63, 3.8) is 0 Å². The quantitative estimate of drug-likeness (QED) is 0.841. The number of anilines is 1. The van der Waals surface area contributed by atoms with E-state index in [1.807, 2.05) is 13.8 Å². The van der Waals surface area contributed by atoms with Crippen molar-refractivity contribution in [3.05, 3.63) is 35.4 Å². The highest BCUT2D eigenvalue weighted by Gasteiger charge is 2.12. The van der Waals surface area contributed by atoms with Gasteiger partial charge in [0.05, 0.1) is 18.3 Å². The highest BCUT2D eigenvalue weighted by molar-refractivity contribution is 7.14. The lowest BCUT2D eigenvalue weighted by molar-refractivity contribution is -0.120. The van der Waals surface area contributed by atoms with Crippen molar-refractivity contribution >= 4 is 28.3 Å². The molecule has 0 bridgehead atoms. The fraction of sp³-hybridized carbons (Fsp3) is 0.357. The second-order valence-electron chi connectivity index (χ2n) is 5.06. The van der Waals surface area contributed by atoms with Crippen molar-refractivity contribution < 1.29 is 9.59 Å². The van der Waals surface area contributed by atoms with E-state index in [-0.39, 0.29) is 23.9 Å². The summed E-state index contributed by atoms with van der Waals surface area (Å²) in [6.07, 6.45) is 4.52. The van der Waals surface area contributed by atoms with Gasteiger partial charge in [-0.2, -0.15) is 0 Å². The predicted molar refractivity (Wildman–Crippen MR) is 83.7 cm³/mol. The lowest BCUT2D eigenvalue weighted by Crippen LogP contribution is -2.28. The average Bonchev–Trinajstić information content (AvgIpc) is 2.93. The summed E-state index contributed by atoms with van der Waals surface area (Å²) < 4.78 is 0. The molecule has 0 unspecified atom stereocenters. The van der Waals surface area contributed by atoms with Crippen LogP contribution in [0.4, 0.5) is 5.13 Å². The molecular formula is C14H17N5O2S. The molecule has 0 spiro atoms. The maximum atomic E-state index is 11.9. The van der Waals surface area contributed by atoms with Gasteiger partial charge in [0.15, 0.2) is 5.13 Å². The van der Waals surface area contributed by atoms with Gasteiger partial charge in [0.2, 0.25) is 5.91 Å². The summed E-state index contributed by atoms with van der Waals surface area (Å²) in [6, 6.07) is 0. The van der Waals surface area contributed by atoms with Crippen molar-refractivity contribution in [2.75, 3.05) is 11.9 Å². The first kappa shape index (κ1) is 16.0. The molecule has 0 aliphatic rings. The summed E-state index contributed by atoms with van der Waals surface area (Å²) in [5.41, 5.74) is 0.842. The SMILES string of the molecule is CC(C)CNC(=O)Cc1csc(NC(=O)c2cnccn2)n1. The van der Waals surface area contributed by atoms with Crippen molar-refractivity contribution in [2.45, 2.75) is 20.3 Å². The van der Waals surface area contributed by atoms with Gasteiger partial charge in [-0.3, -0.25) is 19.9 Å². The Labute approximate surface area is 132 Å². The van der Waals surface area contributed by atoms with Crippen LogP contribution in [0.25, 0.3) is 0 Å². The van der Waals surface area contributed by atoms with Gasteiger partial charge < -0.3 is 5.32 Å². The topological polar surface area (TPSA) is 96.9 Å². The molecule has 0 atom stereocenters. The Morgan fingerprint density at radius 2 is 2.14 bits per heavy atom. The summed E-state index contributed by atoms with van der Waals surface area (Å²) in [4.78, 5) is 35.6. The summed E-state index contributed by atoms with van der Waals surface area (Å²) in [7, 11) is 0. The second-order valence-corrected chi connectivity index (χ2v) is 5.92. The van der Waals surface area contributed by atoms with Gasteiger partial charge in [-0.15, -0.1) is 11.3 Å². The number of hydrogen-bond donors (Lipinski definition) is 2. The molecule has 0 saturated heterocycles. The van der Waals surface area contributed by atoms with E-state index in [2.05, 4.69) is 25.6 Å². The van der Waals surface area contributed by atoms with Gasteiger partial charge >= 0.3 is 0 Å². The van der Waals surface area contributed by atoms with E-state index in [0.29, 0.717) is 23.3 Å². The van der Waals surface area contributed by atoms with Crippen LogP contribution in [0.15, 0.2) is 24.0 Å². The third kappa shape index (κ3) is 4.88. The molecule has 0 radical (unpaired) electrons. The Hall–Kier alpha value is -2.35. The van der Waals surface area contributed by atoms with E-state index < -0.39 is 0 Å². The number of thiazole rings is 1. The molecule has 116 valence electrons. The van der Waals surface area contributed by atoms with Crippen LogP contribution in [-0.4, -0.2) is 33.3 Å². The average molecular weight is 319 g/mol. The number of nitrogens with zero attached hydrogens (tertiary/aromatic N) is 3. The molecule has 2 aromatic heterocycles. The first-order valence-electron chi connectivity index (χ1n) is 6.83. The minimum absolute atomic E-state index is 0.0780. The Morgan fingerprint density at radius 1 is 1.32 bits per heavy atom. The van der Waals surface area contributed by atoms with E-state index in [1.54, 1.807) is 5.38 Å². The minimum atomic E-state index is -0.377. The van der Waals surface area contributed by atoms with Crippen LogP contribution in [0.3, 0.4) is 0 Å². The number of rotatable bonds is 6. The van der Waals surface area contributed by atoms with Crippen LogP contribution in [0, 0.1) is 5.92 Å². The van der Waals surface area contributed by atoms with E-state index in [4.69, 9.17) is 0 Å². The monoisotopic (exact) mass is 319 g/mol. The van der Waals surface area contributed by atoms with Crippen LogP contribution in [0.2, 0.25) is 0 Å². The van der Waals surface area contributed by atoms with E-state index in [0.717, 1.165) is 0 Å². The second kappa shape index (κ2) is 7.60. The smallest absolute Gasteiger partial charge is 0.277 e. The molecule has 2 rings (SSSR count). The molecule has 7 nitrogen and oxygen atoms in total. The molecule has 0 aromatic carbocycles. The summed E-state index contributed by atoms with van der Waals surface area (Å²) in [5, 5.41) is 7.65. The summed E-state index contributed by atoms with van der Waals surface area (Å²) >= 11 is 1.27. The van der Waals surface area contributed by atoms with Gasteiger partial charge in [-0.05, 0) is 5.92 Å². The molecule has 22 heavy (non-hydrogen) atoms. The predicted octanol–water partition coefficient (Wildman–Crippen LogP) is 1.50. The highest BCUT2D eigenvalue weighted by Crippen LogP contribution is 2.16. The molecule has 8 heteroatoms. The lowest BCUT2D eigenvalue weighted by atomic mass is 10.2. The van der Waals surface area contributed by atoms with E-state index >= 15 is 0 Å². The van der Waals surface area contributed by atoms with E-state index in [1.165, 1.54) is 29.9 Å². The Bertz CT molecular complexity index is 642. The van der Waals surface area contributed by atoms with Gasteiger partial charge in [0.25, 0.3) is 5.91 Å². The molecule has 0 aliphatic carbocycles. The molecule has 2 heterocycles. The van der Waals surface area contributed by atoms with Crippen molar-refractivity contribution in [1.82, 2.24) is 20.3 Å². The molecule has 2 aromatic rings. The van der Waals surface area contributed by atoms with Crippen molar-refractivity contribution in [3.8, 4) is 0 Å². The van der Waals surface area contributed by atoms with Gasteiger partial charge in [0, 0.05) is 24.3 Å². The summed E-state index contributed by atoms with van der Waals surface area (Å²) in [6.45, 7) is 4.70. The van der Waals surface area contributed by atoms with Crippen LogP contribution in [0.5, 0.6) is 0 Å². The zero-order chi connectivity index (χ0) is 15.9. The zero-order valence-electron chi connectivity index (χ0n) is 12.4. The van der Waals surface area contributed by atoms with Crippen molar-refractivity contribution in [1.29, 1.82) is 0 Å². The Balaban J connectivity index is 1.89. The minimum Gasteiger partial charge on any atom is -0.356 e. The molecular weight excluding hydrogens is 302 g/mol. The lowest BCUT2D eigenvalue weighted by Gasteiger charge is -2.06. The Morgan fingerprint density at radius 3 is 2.82 bits per heavy atom. The van der Waals surface area contributed by atoms with Crippen LogP contribution in [-0.2, 0) is 11.2 Å². The molecule has 2 amide bonds. The van der Waals surface area contributed by atoms with Crippen molar-refractivity contribution in [2.24, 2.45) is 5.92 Å². The number of carbonyl (C=O) groups excluding carboxylic acids is 2. The largest absolute Gasteiger partial charge is 0.356 e. The van der Waals surface area contributed by atoms with Gasteiger partial charge in [0.1, 0.15) is 5.69 Å². The maximum absolute atomic E-state index is 11.9. The molecule has 2 N–H and O–H groups in total. The Kier molecular flexibility index (Phi) is 5.54. The normalized spacial score (nSPS) is 10.5. The fourth-order valence-electron chi connectivity index (χ4n) is 1.57. The van der Waals surface area contributed by atoms with E-state index in [9.17, 15) is 9.59 Å². The first-order valence-corrected chi connectivity index (χ1v) is 7.71. The molecule has 0 aliphatic heterocycles. The maximum Gasteiger partial charge on any atom is 0.277 e. The standard InChI is InChI=1S/C14H17N5O2S/c1-9(2)6-17-12(20)5-10-8-22-14(18-10)19-13(21)11-7-15-3-4-16-11/h3-4,7-9H,5-6H2,1-2H3,(H,17,20)(H,18,19,21). The highest BCUT2D eigenvalue weighted by atomic mass is 32.1. The molecule has 0 fully saturated rings. The number of hydrogen-bond acceptors (Lipinski definition) is 6. The number of carbonyl (C=O) groups is 2. The van der Waals surface area contributed by atoms with Crippen LogP contribution >= 0.6 is 11.3 Å². The van der Waals surface area contributed by atoms with Crippen LogP contribution < -0.4 is 10.6 Å². The summed E-state index contributed by atoms with van der Waals surface area (Å²) in [5.74, 6) is -0.0507. The van der Waals surface area contributed by atoms with Gasteiger partial charge in [-0.1, -0.05) is 13.8 Å². The van der Waals surface area contributed by atoms with Crippen LogP contribution in [0.1, 0.15) is 30.0 Å². The molecule has 0 saturated carbocycles. The number of amides is 2. The van der Waals surface area contributed by atoms with Gasteiger partial charge in [-0.25, -0.2) is 9.97 Å². The number of aromatic nitrogens is 3. The third-order valence-electron chi connectivity index (χ3n) is 2.62. The zero-order valence-corrected chi connectivity index (χ0v) is 13.2. The first-order chi connectivity index (χ1) is 10.5. The third-order valence-corrected chi connectivity index (χ3v) is 3.42.